The molecule has 6 N–H and O–H groups in total. The molecule has 0 bridgehead atoms. The lowest BCUT2D eigenvalue weighted by Gasteiger charge is -2.50. The lowest BCUT2D eigenvalue weighted by atomic mass is 9.84. The molecular weight excluding hydrogens is 755 g/mol. The van der Waals surface area contributed by atoms with Gasteiger partial charge in [0.1, 0.15) is 17.5 Å². The average Bonchev–Trinajstić information content (AvgIpc) is 3.55. The van der Waals surface area contributed by atoms with E-state index < -0.39 is 57.2 Å². The average molecular weight is 801 g/mol. The van der Waals surface area contributed by atoms with Crippen LogP contribution >= 0.6 is 11.3 Å². The van der Waals surface area contributed by atoms with Crippen LogP contribution in [0.2, 0.25) is 0 Å². The van der Waals surface area contributed by atoms with Crippen LogP contribution < -0.4 is 25.7 Å². The Bertz CT molecular complexity index is 2100. The minimum absolute atomic E-state index is 0.0644. The summed E-state index contributed by atoms with van der Waals surface area (Å²) in [6.45, 7) is 9.24. The fourth-order valence-electron chi connectivity index (χ4n) is 6.81. The van der Waals surface area contributed by atoms with Crippen LogP contribution in [-0.2, 0) is 53.3 Å². The highest BCUT2D eigenvalue weighted by Gasteiger charge is 2.58. The first kappa shape index (κ1) is 40.0. The maximum atomic E-state index is 13.6. The largest absolute Gasteiger partial charge is 0.485 e. The van der Waals surface area contributed by atoms with Gasteiger partial charge in [0.25, 0.3) is 17.4 Å². The number of aromatic nitrogens is 2. The van der Waals surface area contributed by atoms with Gasteiger partial charge in [-0.3, -0.25) is 14.1 Å². The van der Waals surface area contributed by atoms with Gasteiger partial charge in [0, 0.05) is 42.4 Å². The number of carbonyl (C=O) groups is 3. The maximum Gasteiger partial charge on any atom is 0.418 e. The summed E-state index contributed by atoms with van der Waals surface area (Å²) >= 11 is 0.982. The van der Waals surface area contributed by atoms with Crippen molar-refractivity contribution in [2.24, 2.45) is 11.1 Å². The normalized spacial score (nSPS) is 20.7. The zero-order valence-corrected chi connectivity index (χ0v) is 32.6. The monoisotopic (exact) mass is 800 g/mol. The number of hydroxylamine groups is 2. The molecule has 3 aliphatic rings. The van der Waals surface area contributed by atoms with Crippen LogP contribution in [0.15, 0.2) is 47.1 Å². The lowest BCUT2D eigenvalue weighted by molar-refractivity contribution is -0.710. The van der Waals surface area contributed by atoms with Gasteiger partial charge in [-0.1, -0.05) is 31.0 Å². The zero-order valence-electron chi connectivity index (χ0n) is 31.0. The number of nitrogen functional groups attached to an aromatic ring is 1. The number of pyridine rings is 1. The third-order valence-electron chi connectivity index (χ3n) is 10.3. The van der Waals surface area contributed by atoms with Gasteiger partial charge in [0.05, 0.1) is 5.54 Å². The van der Waals surface area contributed by atoms with Gasteiger partial charge in [-0.25, -0.2) is 14.3 Å². The van der Waals surface area contributed by atoms with Crippen molar-refractivity contribution in [1.82, 2.24) is 20.7 Å². The van der Waals surface area contributed by atoms with Crippen molar-refractivity contribution in [3.8, 4) is 16.9 Å². The molecule has 0 unspecified atom stereocenters. The van der Waals surface area contributed by atoms with Crippen molar-refractivity contribution < 1.29 is 50.9 Å². The van der Waals surface area contributed by atoms with Crippen LogP contribution in [0, 0.1) is 5.92 Å². The number of carboxylic acid groups (broad SMARTS) is 1. The van der Waals surface area contributed by atoms with E-state index in [0.717, 1.165) is 66.9 Å². The van der Waals surface area contributed by atoms with E-state index in [2.05, 4.69) is 60.9 Å². The second-order valence-electron chi connectivity index (χ2n) is 14.7. The van der Waals surface area contributed by atoms with E-state index in [9.17, 15) is 27.9 Å². The Morgan fingerprint density at radius 3 is 2.60 bits per heavy atom. The quantitative estimate of drug-likeness (QED) is 0.0350. The Kier molecular flexibility index (Phi) is 11.5. The first-order valence-corrected chi connectivity index (χ1v) is 20.3. The van der Waals surface area contributed by atoms with Gasteiger partial charge in [-0.05, 0) is 69.4 Å². The molecule has 0 spiro atoms. The van der Waals surface area contributed by atoms with E-state index in [1.165, 1.54) is 38.3 Å². The number of carbonyl (C=O) groups excluding carboxylic acids is 2. The van der Waals surface area contributed by atoms with Crippen LogP contribution in [0.3, 0.4) is 0 Å². The fraction of sp³-hybridized carbons (Fsp3) is 0.500. The number of thiazole rings is 1. The minimum atomic E-state index is -5.03. The predicted molar refractivity (Wildman–Crippen MR) is 200 cm³/mol. The summed E-state index contributed by atoms with van der Waals surface area (Å²) in [4.78, 5) is 48.8. The van der Waals surface area contributed by atoms with E-state index in [1.807, 2.05) is 12.1 Å². The van der Waals surface area contributed by atoms with E-state index in [-0.39, 0.29) is 17.2 Å². The summed E-state index contributed by atoms with van der Waals surface area (Å²) in [6.07, 6.45) is 6.43. The standard InChI is InChI=1S/C36H45N7O10S2/c1-5-6-7-8-25-12-9-24(19-42(25)18-21-16-38-17-21)22-10-13-27-23(15-22)11-14-28(51-27)36(4,33(46)47)52-41-29(26-20-54-34(37)39-26)31(44)40-30-32(45)43(35(30,2)3)53-55(48,49)50/h9-10,12-13,15,19-21,28,30,38H,5-8,11,14,16-18H2,1-4H3,(H4-,37,39,40,44,46,47,48,49,50)/p+1/b41-29-/t28-,30-,36+/m1/s1. The lowest BCUT2D eigenvalue weighted by Crippen LogP contribution is -2.76. The molecule has 2 fully saturated rings. The number of nitrogens with two attached hydrogens (primary N) is 1. The molecule has 1 aromatic carbocycles. The number of nitrogens with zero attached hydrogens (tertiary/aromatic N) is 4. The number of amides is 2. The number of unbranched alkanes of at least 4 members (excludes halogenated alkanes) is 2. The summed E-state index contributed by atoms with van der Waals surface area (Å²) in [5, 5.41) is 22.0. The van der Waals surface area contributed by atoms with E-state index in [0.29, 0.717) is 23.2 Å². The number of benzene rings is 1. The van der Waals surface area contributed by atoms with E-state index in [4.69, 9.17) is 19.9 Å². The summed E-state index contributed by atoms with van der Waals surface area (Å²) in [5.41, 5.74) is 6.03. The second-order valence-corrected chi connectivity index (χ2v) is 16.6. The van der Waals surface area contributed by atoms with Gasteiger partial charge in [-0.15, -0.1) is 15.6 Å². The Balaban J connectivity index is 1.20. The number of rotatable bonds is 16. The molecule has 2 amide bonds. The van der Waals surface area contributed by atoms with Gasteiger partial charge < -0.3 is 31.0 Å². The molecule has 3 aliphatic heterocycles. The predicted octanol–water partition coefficient (Wildman–Crippen LogP) is 2.43. The molecule has 0 aliphatic carbocycles. The van der Waals surface area contributed by atoms with Gasteiger partial charge >= 0.3 is 16.4 Å². The molecule has 2 aromatic heterocycles. The number of carboxylic acids is 1. The van der Waals surface area contributed by atoms with Crippen LogP contribution in [-0.4, -0.2) is 88.0 Å². The third kappa shape index (κ3) is 8.60. The molecule has 6 rings (SSSR count). The SMILES string of the molecule is CCCCCc1ccc(-c2ccc3c(c2)CC[C@H]([C@](C)(O/N=C(\C(=O)N[C@@H]2C(=O)N(OS(=O)(=O)O)C2(C)C)c2csc(N)n2)C(=O)O)O3)c[n+]1CC1CNC1. The van der Waals surface area contributed by atoms with Crippen molar-refractivity contribution >= 4 is 50.4 Å². The first-order chi connectivity index (χ1) is 26.0. The van der Waals surface area contributed by atoms with Gasteiger partial charge in [-0.2, -0.15) is 13.5 Å². The van der Waals surface area contributed by atoms with Crippen LogP contribution in [0.4, 0.5) is 5.13 Å². The number of aryl methyl sites for hydroxylation is 2. The number of nitrogens with one attached hydrogen (secondary N) is 2. The Labute approximate surface area is 322 Å². The highest BCUT2D eigenvalue weighted by Crippen LogP contribution is 2.37. The molecule has 3 atom stereocenters. The van der Waals surface area contributed by atoms with Crippen molar-refractivity contribution in [1.29, 1.82) is 0 Å². The number of fused-ring (bicyclic) bond motifs is 1. The highest BCUT2D eigenvalue weighted by atomic mass is 32.3. The molecule has 0 saturated carbocycles. The summed E-state index contributed by atoms with van der Waals surface area (Å²) in [6, 6.07) is 8.86. The van der Waals surface area contributed by atoms with Crippen LogP contribution in [0.25, 0.3) is 11.1 Å². The number of anilines is 1. The number of hydrogen-bond donors (Lipinski definition) is 5. The molecule has 17 nitrogen and oxygen atoms in total. The third-order valence-corrected chi connectivity index (χ3v) is 11.3. The number of β-lactam (4-membered cyclic amide) rings is 1. The summed E-state index contributed by atoms with van der Waals surface area (Å²) in [5.74, 6) is -2.29. The van der Waals surface area contributed by atoms with Crippen molar-refractivity contribution in [2.45, 2.75) is 96.1 Å². The van der Waals surface area contributed by atoms with Crippen molar-refractivity contribution in [2.75, 3.05) is 18.8 Å². The molecule has 55 heavy (non-hydrogen) atoms. The first-order valence-electron chi connectivity index (χ1n) is 18.1. The van der Waals surface area contributed by atoms with Crippen LogP contribution in [0.1, 0.15) is 70.3 Å². The number of oxime groups is 1. The highest BCUT2D eigenvalue weighted by molar-refractivity contribution is 7.80. The molecule has 3 aromatic rings. The van der Waals surface area contributed by atoms with Crippen molar-refractivity contribution in [3.63, 3.8) is 0 Å². The molecule has 2 saturated heterocycles. The smallest absolute Gasteiger partial charge is 0.418 e. The maximum absolute atomic E-state index is 13.6. The van der Waals surface area contributed by atoms with Gasteiger partial charge in [0.2, 0.25) is 0 Å². The van der Waals surface area contributed by atoms with Crippen LogP contribution in [0.5, 0.6) is 5.75 Å². The molecule has 296 valence electrons. The molecule has 19 heteroatoms. The minimum Gasteiger partial charge on any atom is -0.485 e. The Morgan fingerprint density at radius 2 is 1.98 bits per heavy atom. The van der Waals surface area contributed by atoms with Crippen molar-refractivity contribution in [3.05, 3.63) is 58.9 Å². The zero-order chi connectivity index (χ0) is 39.7. The number of ether oxygens (including phenoxy) is 1. The Morgan fingerprint density at radius 1 is 1.24 bits per heavy atom. The molecular formula is C36H46N7O10S2+. The van der Waals surface area contributed by atoms with E-state index >= 15 is 0 Å². The van der Waals surface area contributed by atoms with Gasteiger partial charge in [0.15, 0.2) is 35.4 Å². The summed E-state index contributed by atoms with van der Waals surface area (Å²) < 4.78 is 44.5. The Hall–Kier alpha value is -4.69. The second kappa shape index (κ2) is 15.8. The molecule has 0 radical (unpaired) electrons. The summed E-state index contributed by atoms with van der Waals surface area (Å²) in [7, 11) is -5.03. The molecule has 5 heterocycles. The number of aliphatic carboxylic acids is 1. The topological polar surface area (TPSA) is 236 Å². The van der Waals surface area contributed by atoms with E-state index in [1.54, 1.807) is 0 Å². The fourth-order valence-corrected chi connectivity index (χ4v) is 7.81. The number of hydrogen-bond acceptors (Lipinski definition) is 13.